The van der Waals surface area contributed by atoms with E-state index in [-0.39, 0.29) is 11.7 Å². The molecule has 2 heterocycles. The van der Waals surface area contributed by atoms with Gasteiger partial charge in [-0.05, 0) is 29.8 Å². The summed E-state index contributed by atoms with van der Waals surface area (Å²) in [5.74, 6) is -0.0929. The van der Waals surface area contributed by atoms with E-state index in [1.54, 1.807) is 0 Å². The number of nitrogens with zero attached hydrogens (tertiary/aromatic N) is 2. The second-order valence-electron chi connectivity index (χ2n) is 10.3. The number of para-hydroxylation sites is 2. The van der Waals surface area contributed by atoms with Crippen molar-refractivity contribution in [3.8, 4) is 0 Å². The molecular formula is C32H30N2O. The zero-order chi connectivity index (χ0) is 24.6. The third kappa shape index (κ3) is 3.91. The number of fused-ring (bicyclic) bond motifs is 2. The summed E-state index contributed by atoms with van der Waals surface area (Å²) in [7, 11) is 0. The van der Waals surface area contributed by atoms with Gasteiger partial charge < -0.3 is 0 Å². The quantitative estimate of drug-likeness (QED) is 0.274. The lowest BCUT2D eigenvalue weighted by atomic mass is 9.60. The molecule has 0 spiro atoms. The van der Waals surface area contributed by atoms with Crippen molar-refractivity contribution in [1.29, 1.82) is 0 Å². The smallest absolute Gasteiger partial charge is 0.156 e. The van der Waals surface area contributed by atoms with Crippen LogP contribution in [0.5, 0.6) is 0 Å². The van der Waals surface area contributed by atoms with E-state index in [0.29, 0.717) is 0 Å². The summed E-state index contributed by atoms with van der Waals surface area (Å²) < 4.78 is 0. The van der Waals surface area contributed by atoms with Gasteiger partial charge in [0.05, 0.1) is 22.4 Å². The molecule has 1 unspecified atom stereocenters. The predicted molar refractivity (Wildman–Crippen MR) is 144 cm³/mol. The van der Waals surface area contributed by atoms with E-state index in [0.717, 1.165) is 38.8 Å². The van der Waals surface area contributed by atoms with Gasteiger partial charge in [0.15, 0.2) is 5.78 Å². The Morgan fingerprint density at radius 2 is 1.09 bits per heavy atom. The third-order valence-corrected chi connectivity index (χ3v) is 6.99. The van der Waals surface area contributed by atoms with E-state index < -0.39 is 10.8 Å². The molecule has 0 aliphatic heterocycles. The fraction of sp³-hybridized carbons (Fsp3) is 0.219. The zero-order valence-corrected chi connectivity index (χ0v) is 20.7. The Kier molecular flexibility index (Phi) is 5.72. The highest BCUT2D eigenvalue weighted by atomic mass is 16.1. The monoisotopic (exact) mass is 458 g/mol. The van der Waals surface area contributed by atoms with Gasteiger partial charge in [-0.3, -0.25) is 14.8 Å². The van der Waals surface area contributed by atoms with Crippen LogP contribution in [0.2, 0.25) is 0 Å². The fourth-order valence-corrected chi connectivity index (χ4v) is 5.16. The number of carbonyl (C=O) groups is 1. The van der Waals surface area contributed by atoms with Crippen molar-refractivity contribution < 1.29 is 4.79 Å². The maximum Gasteiger partial charge on any atom is 0.156 e. The molecule has 174 valence electrons. The van der Waals surface area contributed by atoms with E-state index in [1.807, 2.05) is 99.6 Å². The molecule has 0 aliphatic rings. The molecule has 2 aromatic heterocycles. The van der Waals surface area contributed by atoms with Crippen LogP contribution in [0.1, 0.15) is 50.6 Å². The highest BCUT2D eigenvalue weighted by molar-refractivity contribution is 5.99. The van der Waals surface area contributed by atoms with Crippen molar-refractivity contribution in [1.82, 2.24) is 9.97 Å². The molecule has 0 bridgehead atoms. The van der Waals surface area contributed by atoms with Crippen LogP contribution >= 0.6 is 0 Å². The van der Waals surface area contributed by atoms with Gasteiger partial charge in [-0.15, -0.1) is 0 Å². The molecule has 0 amide bonds. The standard InChI is InChI=1S/C32H30N2O/c1-22(23-12-6-5-7-13-23)32(30(35)31(2,3)4,28-20-18-24-14-8-10-16-26(24)33-28)29-21-19-25-15-9-11-17-27(25)34-29/h5-22H,1-4H3. The number of rotatable bonds is 5. The minimum absolute atomic E-state index is 0.104. The summed E-state index contributed by atoms with van der Waals surface area (Å²) in [5, 5.41) is 2.10. The van der Waals surface area contributed by atoms with Crippen molar-refractivity contribution in [2.24, 2.45) is 5.41 Å². The van der Waals surface area contributed by atoms with E-state index in [2.05, 4.69) is 31.2 Å². The first kappa shape index (κ1) is 22.9. The largest absolute Gasteiger partial charge is 0.298 e. The number of pyridine rings is 2. The second-order valence-corrected chi connectivity index (χ2v) is 10.3. The van der Waals surface area contributed by atoms with Crippen molar-refractivity contribution in [3.63, 3.8) is 0 Å². The minimum Gasteiger partial charge on any atom is -0.298 e. The van der Waals surface area contributed by atoms with Gasteiger partial charge in [0.1, 0.15) is 5.41 Å². The van der Waals surface area contributed by atoms with Crippen LogP contribution in [-0.4, -0.2) is 15.8 Å². The van der Waals surface area contributed by atoms with Crippen molar-refractivity contribution in [2.45, 2.75) is 39.0 Å². The van der Waals surface area contributed by atoms with Crippen LogP contribution in [0.15, 0.2) is 103 Å². The SMILES string of the molecule is CC(c1ccccc1)C(C(=O)C(C)(C)C)(c1ccc2ccccc2n1)c1ccc2ccccc2n1. The number of Topliss-reactive ketones (excluding diaryl/α,β-unsaturated/α-hetero) is 1. The normalized spacial score (nSPS) is 13.1. The predicted octanol–water partition coefficient (Wildman–Crippen LogP) is 7.49. The van der Waals surface area contributed by atoms with Crippen molar-refractivity contribution in [2.75, 3.05) is 0 Å². The van der Waals surface area contributed by atoms with Crippen LogP contribution < -0.4 is 0 Å². The summed E-state index contributed by atoms with van der Waals surface area (Å²) in [5.41, 5.74) is 2.59. The van der Waals surface area contributed by atoms with Gasteiger partial charge in [0, 0.05) is 22.1 Å². The average Bonchev–Trinajstić information content (AvgIpc) is 2.88. The first-order chi connectivity index (χ1) is 16.8. The van der Waals surface area contributed by atoms with Crippen molar-refractivity contribution in [3.05, 3.63) is 120 Å². The van der Waals surface area contributed by atoms with Gasteiger partial charge in [-0.2, -0.15) is 0 Å². The number of aromatic nitrogens is 2. The zero-order valence-electron chi connectivity index (χ0n) is 20.7. The molecule has 5 rings (SSSR count). The second kappa shape index (κ2) is 8.74. The van der Waals surface area contributed by atoms with E-state index in [4.69, 9.17) is 9.97 Å². The molecule has 3 heteroatoms. The summed E-state index contributed by atoms with van der Waals surface area (Å²) in [4.78, 5) is 24.9. The summed E-state index contributed by atoms with van der Waals surface area (Å²) >= 11 is 0. The highest BCUT2D eigenvalue weighted by Gasteiger charge is 2.53. The third-order valence-electron chi connectivity index (χ3n) is 6.99. The molecule has 5 aromatic rings. The first-order valence-electron chi connectivity index (χ1n) is 12.1. The maximum absolute atomic E-state index is 14.7. The Labute approximate surface area is 206 Å². The molecule has 3 aromatic carbocycles. The minimum atomic E-state index is -1.08. The topological polar surface area (TPSA) is 42.9 Å². The van der Waals surface area contributed by atoms with Gasteiger partial charge in [-0.1, -0.05) is 107 Å². The molecule has 0 fully saturated rings. The summed E-state index contributed by atoms with van der Waals surface area (Å²) in [6.45, 7) is 8.10. The Morgan fingerprint density at radius 3 is 1.57 bits per heavy atom. The Morgan fingerprint density at radius 1 is 0.629 bits per heavy atom. The summed E-state index contributed by atoms with van der Waals surface area (Å²) in [6.07, 6.45) is 0. The summed E-state index contributed by atoms with van der Waals surface area (Å²) in [6, 6.07) is 34.5. The lowest BCUT2D eigenvalue weighted by molar-refractivity contribution is -0.131. The molecule has 0 aliphatic carbocycles. The van der Waals surface area contributed by atoms with Crippen molar-refractivity contribution >= 4 is 27.6 Å². The van der Waals surface area contributed by atoms with Crippen LogP contribution in [0.25, 0.3) is 21.8 Å². The fourth-order valence-electron chi connectivity index (χ4n) is 5.16. The Balaban J connectivity index is 1.90. The van der Waals surface area contributed by atoms with Crippen LogP contribution in [0.3, 0.4) is 0 Å². The molecule has 0 radical (unpaired) electrons. The van der Waals surface area contributed by atoms with Crippen LogP contribution in [0.4, 0.5) is 0 Å². The van der Waals surface area contributed by atoms with Crippen LogP contribution in [0, 0.1) is 5.41 Å². The number of hydrogen-bond donors (Lipinski definition) is 0. The maximum atomic E-state index is 14.7. The number of benzene rings is 3. The molecule has 0 N–H and O–H groups in total. The highest BCUT2D eigenvalue weighted by Crippen LogP contribution is 2.48. The molecule has 35 heavy (non-hydrogen) atoms. The van der Waals surface area contributed by atoms with E-state index >= 15 is 0 Å². The van der Waals surface area contributed by atoms with Gasteiger partial charge in [-0.25, -0.2) is 0 Å². The molecule has 1 atom stereocenters. The first-order valence-corrected chi connectivity index (χ1v) is 12.1. The lowest BCUT2D eigenvalue weighted by Crippen LogP contribution is -2.48. The van der Waals surface area contributed by atoms with Crippen LogP contribution in [-0.2, 0) is 10.2 Å². The lowest BCUT2D eigenvalue weighted by Gasteiger charge is -2.41. The van der Waals surface area contributed by atoms with Gasteiger partial charge in [0.25, 0.3) is 0 Å². The van der Waals surface area contributed by atoms with Gasteiger partial charge in [0.2, 0.25) is 0 Å². The van der Waals surface area contributed by atoms with E-state index in [9.17, 15) is 4.79 Å². The molecule has 3 nitrogen and oxygen atoms in total. The van der Waals surface area contributed by atoms with Gasteiger partial charge >= 0.3 is 0 Å². The molecule has 0 saturated heterocycles. The molecule has 0 saturated carbocycles. The Bertz CT molecular complexity index is 1440. The average molecular weight is 459 g/mol. The Hall–Kier alpha value is -3.85. The number of ketones is 1. The number of hydrogen-bond acceptors (Lipinski definition) is 3. The number of carbonyl (C=O) groups excluding carboxylic acids is 1. The molecular weight excluding hydrogens is 428 g/mol. The van der Waals surface area contributed by atoms with E-state index in [1.165, 1.54) is 0 Å².